The molecule has 2 heterocycles. The number of hydrogen-bond acceptors (Lipinski definition) is 3. The zero-order chi connectivity index (χ0) is 13.5. The third kappa shape index (κ3) is 1.15. The van der Waals surface area contributed by atoms with E-state index in [1.807, 2.05) is 0 Å². The monoisotopic (exact) mass is 270 g/mol. The molecule has 6 rings (SSSR count). The van der Waals surface area contributed by atoms with Gasteiger partial charge < -0.3 is 10.7 Å². The van der Waals surface area contributed by atoms with Gasteiger partial charge in [0.2, 0.25) is 11.5 Å². The predicted molar refractivity (Wildman–Crippen MR) is 76.3 cm³/mol. The van der Waals surface area contributed by atoms with E-state index in [2.05, 4.69) is 14.5 Å². The van der Waals surface area contributed by atoms with Crippen molar-refractivity contribution in [2.24, 2.45) is 17.8 Å². The zero-order valence-electron chi connectivity index (χ0n) is 11.3. The summed E-state index contributed by atoms with van der Waals surface area (Å²) in [5.74, 6) is 2.98. The highest BCUT2D eigenvalue weighted by molar-refractivity contribution is 5.74. The number of hydrogen-bond donors (Lipinski definition) is 2. The van der Waals surface area contributed by atoms with Crippen molar-refractivity contribution in [1.29, 1.82) is 0 Å². The molecule has 4 aliphatic rings. The molecule has 3 N–H and O–H groups in total. The molecule has 0 saturated heterocycles. The Kier molecular flexibility index (Phi) is 1.79. The minimum Gasteiger partial charge on any atom is -0.369 e. The normalized spacial score (nSPS) is 38.1. The minimum absolute atomic E-state index is 0.0762. The zero-order valence-corrected chi connectivity index (χ0v) is 11.3. The number of H-pyrrole nitrogens is 1. The Morgan fingerprint density at radius 1 is 1.25 bits per heavy atom. The van der Waals surface area contributed by atoms with E-state index in [1.54, 1.807) is 6.07 Å². The van der Waals surface area contributed by atoms with E-state index in [1.165, 1.54) is 38.2 Å². The van der Waals surface area contributed by atoms with Gasteiger partial charge in [-0.15, -0.1) is 0 Å². The summed E-state index contributed by atoms with van der Waals surface area (Å²) < 4.78 is 2.17. The number of fused-ring (bicyclic) bond motifs is 1. The summed E-state index contributed by atoms with van der Waals surface area (Å²) in [4.78, 5) is 19.1. The van der Waals surface area contributed by atoms with Gasteiger partial charge in [0.25, 0.3) is 0 Å². The molecule has 4 bridgehead atoms. The standard InChI is InChI=1S/C15H18N4O/c16-14-17-11-1-2-12(20)18-13(11)19(14)15-6-8-3-9(7-15)5-10(15)4-8/h1-2,8-10H,3-7H2,(H2,16,17)(H,18,20). The highest BCUT2D eigenvalue weighted by Gasteiger charge is 2.59. The van der Waals surface area contributed by atoms with E-state index in [4.69, 9.17) is 5.73 Å². The molecule has 0 radical (unpaired) electrons. The van der Waals surface area contributed by atoms with Crippen LogP contribution in [0.1, 0.15) is 32.1 Å². The number of imidazole rings is 1. The Morgan fingerprint density at radius 2 is 2.00 bits per heavy atom. The van der Waals surface area contributed by atoms with Crippen LogP contribution in [0.4, 0.5) is 5.95 Å². The van der Waals surface area contributed by atoms with Crippen LogP contribution in [-0.4, -0.2) is 14.5 Å². The maximum atomic E-state index is 11.7. The van der Waals surface area contributed by atoms with Crippen molar-refractivity contribution >= 4 is 17.1 Å². The smallest absolute Gasteiger partial charge is 0.249 e. The first-order chi connectivity index (χ1) is 9.65. The Bertz CT molecular complexity index is 760. The van der Waals surface area contributed by atoms with Gasteiger partial charge in [0.15, 0.2) is 0 Å². The Morgan fingerprint density at radius 3 is 2.75 bits per heavy atom. The molecule has 5 nitrogen and oxygen atoms in total. The second kappa shape index (κ2) is 3.27. The van der Waals surface area contributed by atoms with Crippen molar-refractivity contribution in [2.75, 3.05) is 5.73 Å². The summed E-state index contributed by atoms with van der Waals surface area (Å²) in [6.07, 6.45) is 6.46. The van der Waals surface area contributed by atoms with Crippen LogP contribution in [0.2, 0.25) is 0 Å². The molecule has 20 heavy (non-hydrogen) atoms. The van der Waals surface area contributed by atoms with Crippen molar-refractivity contribution in [3.8, 4) is 0 Å². The molecular weight excluding hydrogens is 252 g/mol. The lowest BCUT2D eigenvalue weighted by atomic mass is 9.80. The Hall–Kier alpha value is -1.78. The van der Waals surface area contributed by atoms with Crippen LogP contribution in [0.25, 0.3) is 11.2 Å². The van der Waals surface area contributed by atoms with Crippen LogP contribution in [0.15, 0.2) is 16.9 Å². The molecule has 2 unspecified atom stereocenters. The first kappa shape index (κ1) is 10.9. The fraction of sp³-hybridized carbons (Fsp3) is 0.600. The van der Waals surface area contributed by atoms with Crippen LogP contribution in [-0.2, 0) is 5.54 Å². The second-order valence-electron chi connectivity index (χ2n) is 7.01. The third-order valence-corrected chi connectivity index (χ3v) is 5.96. The topological polar surface area (TPSA) is 76.7 Å². The summed E-state index contributed by atoms with van der Waals surface area (Å²) in [5, 5.41) is 0. The summed E-state index contributed by atoms with van der Waals surface area (Å²) in [5.41, 5.74) is 7.90. The van der Waals surface area contributed by atoms with E-state index in [9.17, 15) is 4.79 Å². The predicted octanol–water partition coefficient (Wildman–Crippen LogP) is 1.84. The summed E-state index contributed by atoms with van der Waals surface area (Å²) in [6.45, 7) is 0. The van der Waals surface area contributed by atoms with Crippen LogP contribution in [0.5, 0.6) is 0 Å². The van der Waals surface area contributed by atoms with E-state index >= 15 is 0 Å². The highest BCUT2D eigenvalue weighted by atomic mass is 16.1. The van der Waals surface area contributed by atoms with Crippen LogP contribution < -0.4 is 11.3 Å². The summed E-state index contributed by atoms with van der Waals surface area (Å²) >= 11 is 0. The van der Waals surface area contributed by atoms with Crippen molar-refractivity contribution in [2.45, 2.75) is 37.6 Å². The Balaban J connectivity index is 1.81. The average Bonchev–Trinajstić information content (AvgIpc) is 2.93. The third-order valence-electron chi connectivity index (χ3n) is 5.96. The van der Waals surface area contributed by atoms with Crippen LogP contribution in [0, 0.1) is 17.8 Å². The largest absolute Gasteiger partial charge is 0.369 e. The molecule has 5 heteroatoms. The molecule has 0 amide bonds. The van der Waals surface area contributed by atoms with E-state index in [0.717, 1.165) is 28.9 Å². The Labute approximate surface area is 116 Å². The molecular formula is C15H18N4O. The van der Waals surface area contributed by atoms with Gasteiger partial charge in [0.1, 0.15) is 11.2 Å². The number of nitrogens with one attached hydrogen (secondary N) is 1. The molecule has 0 spiro atoms. The fourth-order valence-corrected chi connectivity index (χ4v) is 5.57. The van der Waals surface area contributed by atoms with Crippen molar-refractivity contribution in [3.63, 3.8) is 0 Å². The van der Waals surface area contributed by atoms with E-state index in [-0.39, 0.29) is 11.1 Å². The van der Waals surface area contributed by atoms with Gasteiger partial charge in [-0.3, -0.25) is 9.36 Å². The molecule has 0 aliphatic heterocycles. The number of anilines is 1. The first-order valence-corrected chi connectivity index (χ1v) is 7.53. The molecule has 0 aromatic carbocycles. The molecule has 2 aromatic rings. The maximum Gasteiger partial charge on any atom is 0.249 e. The van der Waals surface area contributed by atoms with Gasteiger partial charge in [0, 0.05) is 6.07 Å². The number of pyridine rings is 1. The second-order valence-corrected chi connectivity index (χ2v) is 7.01. The fourth-order valence-electron chi connectivity index (χ4n) is 5.57. The lowest BCUT2D eigenvalue weighted by Crippen LogP contribution is -2.36. The van der Waals surface area contributed by atoms with Gasteiger partial charge >= 0.3 is 0 Å². The lowest BCUT2D eigenvalue weighted by Gasteiger charge is -2.35. The van der Waals surface area contributed by atoms with Crippen LogP contribution >= 0.6 is 0 Å². The van der Waals surface area contributed by atoms with Crippen LogP contribution in [0.3, 0.4) is 0 Å². The average molecular weight is 270 g/mol. The highest BCUT2D eigenvalue weighted by Crippen LogP contribution is 2.64. The summed E-state index contributed by atoms with van der Waals surface area (Å²) in [6, 6.07) is 3.30. The number of aromatic nitrogens is 3. The number of nitrogens with two attached hydrogens (primary N) is 1. The van der Waals surface area contributed by atoms with Crippen molar-refractivity contribution in [3.05, 3.63) is 22.5 Å². The molecule has 4 fully saturated rings. The SMILES string of the molecule is Nc1nc2ccc(=O)[nH]c2n1C12CC3CC(CC1C3)C2. The minimum atomic E-state index is -0.0762. The van der Waals surface area contributed by atoms with Gasteiger partial charge in [0.05, 0.1) is 5.54 Å². The quantitative estimate of drug-likeness (QED) is 0.830. The van der Waals surface area contributed by atoms with E-state index in [0.29, 0.717) is 5.95 Å². The van der Waals surface area contributed by atoms with Gasteiger partial charge in [-0.1, -0.05) is 0 Å². The molecule has 4 aliphatic carbocycles. The molecule has 4 saturated carbocycles. The van der Waals surface area contributed by atoms with Gasteiger partial charge in [-0.05, 0) is 55.9 Å². The molecule has 2 atom stereocenters. The number of nitrogens with zero attached hydrogens (tertiary/aromatic N) is 2. The molecule has 104 valence electrons. The number of nitrogen functional groups attached to an aromatic ring is 1. The number of aromatic amines is 1. The maximum absolute atomic E-state index is 11.7. The lowest BCUT2D eigenvalue weighted by molar-refractivity contribution is 0.211. The van der Waals surface area contributed by atoms with Gasteiger partial charge in [-0.25, -0.2) is 4.98 Å². The van der Waals surface area contributed by atoms with Crippen molar-refractivity contribution < 1.29 is 0 Å². The van der Waals surface area contributed by atoms with Crippen molar-refractivity contribution in [1.82, 2.24) is 14.5 Å². The summed E-state index contributed by atoms with van der Waals surface area (Å²) in [7, 11) is 0. The van der Waals surface area contributed by atoms with Gasteiger partial charge in [-0.2, -0.15) is 0 Å². The number of rotatable bonds is 1. The molecule has 2 aromatic heterocycles. The first-order valence-electron chi connectivity index (χ1n) is 7.53. The van der Waals surface area contributed by atoms with E-state index < -0.39 is 0 Å².